The van der Waals surface area contributed by atoms with Gasteiger partial charge in [-0.15, -0.1) is 0 Å². The second kappa shape index (κ2) is 9.59. The van der Waals surface area contributed by atoms with Crippen molar-refractivity contribution in [2.75, 3.05) is 20.8 Å². The zero-order valence-electron chi connectivity index (χ0n) is 14.3. The molecule has 132 valence electrons. The molecule has 2 rings (SSSR count). The SMILES string of the molecule is C=CCOc1ccc(Cl)cc1/C=N\NCc1ccc(OC)c(OC)c1. The summed E-state index contributed by atoms with van der Waals surface area (Å²) in [5, 5.41) is 4.85. The van der Waals surface area contributed by atoms with Crippen molar-refractivity contribution >= 4 is 17.8 Å². The van der Waals surface area contributed by atoms with Gasteiger partial charge in [-0.3, -0.25) is 0 Å². The molecular formula is C19H21ClN2O3. The smallest absolute Gasteiger partial charge is 0.161 e. The third kappa shape index (κ3) is 5.43. The van der Waals surface area contributed by atoms with Crippen LogP contribution in [-0.2, 0) is 6.54 Å². The lowest BCUT2D eigenvalue weighted by atomic mass is 10.2. The van der Waals surface area contributed by atoms with Gasteiger partial charge >= 0.3 is 0 Å². The topological polar surface area (TPSA) is 52.1 Å². The predicted molar refractivity (Wildman–Crippen MR) is 101 cm³/mol. The van der Waals surface area contributed by atoms with Crippen LogP contribution in [0.1, 0.15) is 11.1 Å². The van der Waals surface area contributed by atoms with E-state index in [0.717, 1.165) is 11.1 Å². The van der Waals surface area contributed by atoms with Crippen LogP contribution in [0.2, 0.25) is 5.02 Å². The average molecular weight is 361 g/mol. The zero-order valence-corrected chi connectivity index (χ0v) is 15.0. The lowest BCUT2D eigenvalue weighted by Crippen LogP contribution is -2.06. The Bertz CT molecular complexity index is 747. The third-order valence-electron chi connectivity index (χ3n) is 3.35. The van der Waals surface area contributed by atoms with E-state index in [1.165, 1.54) is 0 Å². The molecule has 2 aromatic carbocycles. The molecule has 0 spiro atoms. The van der Waals surface area contributed by atoms with Crippen LogP contribution in [0, 0.1) is 0 Å². The molecule has 0 unspecified atom stereocenters. The molecule has 5 nitrogen and oxygen atoms in total. The first kappa shape index (κ1) is 18.7. The molecule has 0 fully saturated rings. The molecule has 1 N–H and O–H groups in total. The van der Waals surface area contributed by atoms with E-state index < -0.39 is 0 Å². The minimum atomic E-state index is 0.418. The second-order valence-corrected chi connectivity index (χ2v) is 5.50. The molecule has 0 aliphatic rings. The second-order valence-electron chi connectivity index (χ2n) is 5.06. The Morgan fingerprint density at radius 3 is 2.56 bits per heavy atom. The highest BCUT2D eigenvalue weighted by molar-refractivity contribution is 6.30. The highest BCUT2D eigenvalue weighted by Crippen LogP contribution is 2.27. The summed E-state index contributed by atoms with van der Waals surface area (Å²) >= 11 is 6.04. The number of benzene rings is 2. The number of nitrogens with one attached hydrogen (secondary N) is 1. The van der Waals surface area contributed by atoms with Crippen LogP contribution in [0.25, 0.3) is 0 Å². The molecule has 0 heterocycles. The molecular weight excluding hydrogens is 340 g/mol. The van der Waals surface area contributed by atoms with E-state index in [2.05, 4.69) is 17.1 Å². The molecule has 0 aromatic heterocycles. The number of rotatable bonds is 9. The summed E-state index contributed by atoms with van der Waals surface area (Å²) in [6.45, 7) is 4.60. The Hall–Kier alpha value is -2.66. The van der Waals surface area contributed by atoms with Crippen molar-refractivity contribution in [1.82, 2.24) is 5.43 Å². The largest absolute Gasteiger partial charge is 0.493 e. The summed E-state index contributed by atoms with van der Waals surface area (Å²) in [5.41, 5.74) is 4.80. The van der Waals surface area contributed by atoms with E-state index in [1.807, 2.05) is 24.3 Å². The van der Waals surface area contributed by atoms with Crippen molar-refractivity contribution in [3.05, 3.63) is 65.2 Å². The number of nitrogens with zero attached hydrogens (tertiary/aromatic N) is 1. The third-order valence-corrected chi connectivity index (χ3v) is 3.59. The van der Waals surface area contributed by atoms with Gasteiger partial charge in [0.15, 0.2) is 11.5 Å². The summed E-state index contributed by atoms with van der Waals surface area (Å²) in [4.78, 5) is 0. The van der Waals surface area contributed by atoms with Crippen molar-refractivity contribution in [3.8, 4) is 17.2 Å². The Morgan fingerprint density at radius 2 is 1.84 bits per heavy atom. The molecule has 25 heavy (non-hydrogen) atoms. The van der Waals surface area contributed by atoms with Crippen LogP contribution in [0.4, 0.5) is 0 Å². The summed E-state index contributed by atoms with van der Waals surface area (Å²) in [6.07, 6.45) is 3.36. The molecule has 0 saturated carbocycles. The lowest BCUT2D eigenvalue weighted by molar-refractivity contribution is 0.354. The van der Waals surface area contributed by atoms with Crippen molar-refractivity contribution in [3.63, 3.8) is 0 Å². The molecule has 2 aromatic rings. The van der Waals surface area contributed by atoms with Gasteiger partial charge in [-0.05, 0) is 35.9 Å². The van der Waals surface area contributed by atoms with Crippen molar-refractivity contribution in [1.29, 1.82) is 0 Å². The first-order chi connectivity index (χ1) is 12.2. The fourth-order valence-electron chi connectivity index (χ4n) is 2.14. The van der Waals surface area contributed by atoms with Gasteiger partial charge in [-0.25, -0.2) is 0 Å². The van der Waals surface area contributed by atoms with E-state index in [9.17, 15) is 0 Å². The number of hydrogen-bond donors (Lipinski definition) is 1. The van der Waals surface area contributed by atoms with E-state index in [4.69, 9.17) is 25.8 Å². The van der Waals surface area contributed by atoms with E-state index in [1.54, 1.807) is 38.6 Å². The van der Waals surface area contributed by atoms with E-state index in [-0.39, 0.29) is 0 Å². The Labute approximate surface area is 152 Å². The highest BCUT2D eigenvalue weighted by atomic mass is 35.5. The van der Waals surface area contributed by atoms with Gasteiger partial charge in [0.1, 0.15) is 12.4 Å². The summed E-state index contributed by atoms with van der Waals surface area (Å²) in [6, 6.07) is 11.1. The molecule has 0 radical (unpaired) electrons. The summed E-state index contributed by atoms with van der Waals surface area (Å²) < 4.78 is 16.1. The van der Waals surface area contributed by atoms with Gasteiger partial charge in [0.25, 0.3) is 0 Å². The molecule has 6 heteroatoms. The number of ether oxygens (including phenoxy) is 3. The molecule has 0 bridgehead atoms. The average Bonchev–Trinajstić information content (AvgIpc) is 2.64. The maximum absolute atomic E-state index is 6.04. The van der Waals surface area contributed by atoms with Gasteiger partial charge in [-0.2, -0.15) is 5.10 Å². The van der Waals surface area contributed by atoms with Crippen LogP contribution >= 0.6 is 11.6 Å². The fraction of sp³-hybridized carbons (Fsp3) is 0.211. The van der Waals surface area contributed by atoms with Crippen LogP contribution in [0.15, 0.2) is 54.2 Å². The minimum Gasteiger partial charge on any atom is -0.493 e. The number of hydrazone groups is 1. The molecule has 0 aliphatic heterocycles. The first-order valence-electron chi connectivity index (χ1n) is 7.68. The Morgan fingerprint density at radius 1 is 1.08 bits per heavy atom. The predicted octanol–water partition coefficient (Wildman–Crippen LogP) is 4.05. The summed E-state index contributed by atoms with van der Waals surface area (Å²) in [5.74, 6) is 2.07. The number of halogens is 1. The fourth-order valence-corrected chi connectivity index (χ4v) is 2.32. The van der Waals surface area contributed by atoms with Gasteiger partial charge in [-0.1, -0.05) is 30.3 Å². The maximum Gasteiger partial charge on any atom is 0.161 e. The summed E-state index contributed by atoms with van der Waals surface area (Å²) in [7, 11) is 3.22. The van der Waals surface area contributed by atoms with Crippen molar-refractivity contribution in [2.24, 2.45) is 5.10 Å². The highest BCUT2D eigenvalue weighted by Gasteiger charge is 2.04. The normalized spacial score (nSPS) is 10.5. The molecule has 0 amide bonds. The standard InChI is InChI=1S/C19H21ClN2O3/c1-4-9-25-17-8-6-16(20)11-15(17)13-22-21-12-14-5-7-18(23-2)19(10-14)24-3/h4-8,10-11,13,21H,1,9,12H2,2-3H3/b22-13-. The van der Waals surface area contributed by atoms with E-state index >= 15 is 0 Å². The van der Waals surface area contributed by atoms with Crippen LogP contribution < -0.4 is 19.6 Å². The van der Waals surface area contributed by atoms with Crippen molar-refractivity contribution in [2.45, 2.75) is 6.54 Å². The monoisotopic (exact) mass is 360 g/mol. The van der Waals surface area contributed by atoms with Crippen LogP contribution in [-0.4, -0.2) is 27.0 Å². The van der Waals surface area contributed by atoms with Crippen LogP contribution in [0.3, 0.4) is 0 Å². The molecule has 0 atom stereocenters. The Balaban J connectivity index is 2.01. The van der Waals surface area contributed by atoms with Crippen LogP contribution in [0.5, 0.6) is 17.2 Å². The Kier molecular flexibility index (Phi) is 7.16. The first-order valence-corrected chi connectivity index (χ1v) is 8.05. The molecule has 0 saturated heterocycles. The number of hydrogen-bond acceptors (Lipinski definition) is 5. The van der Waals surface area contributed by atoms with Gasteiger partial charge in [0.2, 0.25) is 0 Å². The van der Waals surface area contributed by atoms with E-state index in [0.29, 0.717) is 35.4 Å². The van der Waals surface area contributed by atoms with Gasteiger partial charge < -0.3 is 19.6 Å². The lowest BCUT2D eigenvalue weighted by Gasteiger charge is -2.09. The zero-order chi connectivity index (χ0) is 18.1. The maximum atomic E-state index is 6.04. The minimum absolute atomic E-state index is 0.418. The molecule has 0 aliphatic carbocycles. The quantitative estimate of drug-likeness (QED) is 0.416. The number of methoxy groups -OCH3 is 2. The van der Waals surface area contributed by atoms with Gasteiger partial charge in [0.05, 0.1) is 27.0 Å². The van der Waals surface area contributed by atoms with Crippen molar-refractivity contribution < 1.29 is 14.2 Å². The van der Waals surface area contributed by atoms with Gasteiger partial charge in [0, 0.05) is 10.6 Å².